The molecule has 0 unspecified atom stereocenters. The summed E-state index contributed by atoms with van der Waals surface area (Å²) in [7, 11) is 1.63. The number of ether oxygens (including phenoxy) is 2. The highest BCUT2D eigenvalue weighted by atomic mass is 16.6. The van der Waals surface area contributed by atoms with Crippen LogP contribution >= 0.6 is 0 Å². The molecule has 1 amide bonds. The van der Waals surface area contributed by atoms with Crippen LogP contribution in [0.15, 0.2) is 48.5 Å². The van der Waals surface area contributed by atoms with Crippen LogP contribution in [0.3, 0.4) is 0 Å². The Kier molecular flexibility index (Phi) is 4.38. The quantitative estimate of drug-likeness (QED) is 0.825. The number of benzene rings is 2. The van der Waals surface area contributed by atoms with Gasteiger partial charge in [-0.15, -0.1) is 0 Å². The van der Waals surface area contributed by atoms with Crippen molar-refractivity contribution in [2.75, 3.05) is 7.11 Å². The topological polar surface area (TPSA) is 64.6 Å². The summed E-state index contributed by atoms with van der Waals surface area (Å²) in [5.41, 5.74) is 1.22. The maximum Gasteiger partial charge on any atom is 0.339 e. The zero-order valence-electron chi connectivity index (χ0n) is 15.5. The molecule has 0 bridgehead atoms. The molecule has 1 aliphatic carbocycles. The smallest absolute Gasteiger partial charge is 0.339 e. The van der Waals surface area contributed by atoms with E-state index >= 15 is 0 Å². The fraction of sp³-hybridized carbons (Fsp3) is 0.364. The van der Waals surface area contributed by atoms with Crippen LogP contribution < -0.4 is 10.1 Å². The summed E-state index contributed by atoms with van der Waals surface area (Å²) in [6.07, 6.45) is 2.54. The van der Waals surface area contributed by atoms with E-state index in [1.807, 2.05) is 36.4 Å². The van der Waals surface area contributed by atoms with E-state index in [2.05, 4.69) is 5.32 Å². The zero-order chi connectivity index (χ0) is 19.0. The van der Waals surface area contributed by atoms with Crippen molar-refractivity contribution in [1.82, 2.24) is 5.32 Å². The molecule has 2 aromatic rings. The number of carbonyl (C=O) groups is 2. The number of methoxy groups -OCH3 is 1. The summed E-state index contributed by atoms with van der Waals surface area (Å²) < 4.78 is 10.8. The zero-order valence-corrected chi connectivity index (χ0v) is 15.5. The van der Waals surface area contributed by atoms with E-state index in [0.717, 1.165) is 29.7 Å². The van der Waals surface area contributed by atoms with Crippen LogP contribution in [0, 0.1) is 5.92 Å². The van der Waals surface area contributed by atoms with Crippen LogP contribution in [0.4, 0.5) is 0 Å². The molecule has 0 spiro atoms. The van der Waals surface area contributed by atoms with Gasteiger partial charge in [0.15, 0.2) is 5.60 Å². The number of hydrogen-bond donors (Lipinski definition) is 1. The first-order valence-electron chi connectivity index (χ1n) is 9.26. The van der Waals surface area contributed by atoms with Crippen molar-refractivity contribution in [2.24, 2.45) is 5.92 Å². The largest absolute Gasteiger partial charge is 0.497 e. The molecule has 0 radical (unpaired) electrons. The summed E-state index contributed by atoms with van der Waals surface area (Å²) in [5.74, 6) is 0.502. The van der Waals surface area contributed by atoms with Crippen molar-refractivity contribution in [2.45, 2.75) is 37.8 Å². The van der Waals surface area contributed by atoms with Gasteiger partial charge < -0.3 is 14.8 Å². The van der Waals surface area contributed by atoms with Crippen molar-refractivity contribution in [3.05, 3.63) is 65.2 Å². The summed E-state index contributed by atoms with van der Waals surface area (Å²) in [4.78, 5) is 25.5. The van der Waals surface area contributed by atoms with Crippen LogP contribution in [0.5, 0.6) is 5.75 Å². The molecule has 27 heavy (non-hydrogen) atoms. The lowest BCUT2D eigenvalue weighted by Gasteiger charge is -2.34. The van der Waals surface area contributed by atoms with Gasteiger partial charge in [0.05, 0.1) is 18.7 Å². The van der Waals surface area contributed by atoms with E-state index in [1.54, 1.807) is 26.2 Å². The highest BCUT2D eigenvalue weighted by molar-refractivity contribution is 5.97. The lowest BCUT2D eigenvalue weighted by atomic mass is 9.88. The van der Waals surface area contributed by atoms with Gasteiger partial charge in [-0.1, -0.05) is 30.3 Å². The van der Waals surface area contributed by atoms with Crippen molar-refractivity contribution >= 4 is 11.9 Å². The predicted molar refractivity (Wildman–Crippen MR) is 101 cm³/mol. The second-order valence-electron chi connectivity index (χ2n) is 7.52. The van der Waals surface area contributed by atoms with Gasteiger partial charge in [-0.3, -0.25) is 4.79 Å². The van der Waals surface area contributed by atoms with E-state index in [1.165, 1.54) is 0 Å². The SMILES string of the molecule is COc1ccc([C@H](NC(=O)[C@]2(C)Cc3ccccc3C(=O)O2)C2CC2)cc1. The normalized spacial score (nSPS) is 22.4. The summed E-state index contributed by atoms with van der Waals surface area (Å²) >= 11 is 0. The van der Waals surface area contributed by atoms with Gasteiger partial charge in [-0.25, -0.2) is 4.79 Å². The fourth-order valence-electron chi connectivity index (χ4n) is 3.67. The minimum Gasteiger partial charge on any atom is -0.497 e. The van der Waals surface area contributed by atoms with Crippen molar-refractivity contribution in [3.63, 3.8) is 0 Å². The second-order valence-corrected chi connectivity index (χ2v) is 7.52. The average molecular weight is 365 g/mol. The molecule has 0 aromatic heterocycles. The minimum absolute atomic E-state index is 0.0869. The molecule has 1 aliphatic heterocycles. The van der Waals surface area contributed by atoms with Crippen LogP contribution in [-0.2, 0) is 16.0 Å². The Bertz CT molecular complexity index is 872. The highest BCUT2D eigenvalue weighted by Crippen LogP contribution is 2.42. The van der Waals surface area contributed by atoms with Crippen LogP contribution in [-0.4, -0.2) is 24.6 Å². The van der Waals surface area contributed by atoms with E-state index in [-0.39, 0.29) is 11.9 Å². The van der Waals surface area contributed by atoms with Crippen molar-refractivity contribution < 1.29 is 19.1 Å². The number of rotatable bonds is 5. The van der Waals surface area contributed by atoms with Gasteiger partial charge >= 0.3 is 5.97 Å². The van der Waals surface area contributed by atoms with E-state index in [9.17, 15) is 9.59 Å². The number of carbonyl (C=O) groups excluding carboxylic acids is 2. The molecule has 2 aromatic carbocycles. The van der Waals surface area contributed by atoms with Gasteiger partial charge in [-0.05, 0) is 55.0 Å². The molecule has 5 heteroatoms. The molecule has 1 N–H and O–H groups in total. The van der Waals surface area contributed by atoms with Gasteiger partial charge in [0.1, 0.15) is 5.75 Å². The molecule has 140 valence electrons. The first-order valence-corrected chi connectivity index (χ1v) is 9.26. The number of cyclic esters (lactones) is 1. The molecule has 1 heterocycles. The summed E-state index contributed by atoms with van der Waals surface area (Å²) in [6.45, 7) is 1.69. The van der Waals surface area contributed by atoms with Crippen LogP contribution in [0.2, 0.25) is 0 Å². The second kappa shape index (κ2) is 6.72. The Morgan fingerprint density at radius 1 is 1.19 bits per heavy atom. The van der Waals surface area contributed by atoms with Gasteiger partial charge in [-0.2, -0.15) is 0 Å². The first kappa shape index (κ1) is 17.6. The number of nitrogens with one attached hydrogen (secondary N) is 1. The van der Waals surface area contributed by atoms with Gasteiger partial charge in [0.25, 0.3) is 5.91 Å². The lowest BCUT2D eigenvalue weighted by molar-refractivity contribution is -0.140. The first-order chi connectivity index (χ1) is 13.0. The van der Waals surface area contributed by atoms with Gasteiger partial charge in [0.2, 0.25) is 0 Å². The molecule has 2 aliphatic rings. The maximum atomic E-state index is 13.1. The van der Waals surface area contributed by atoms with Gasteiger partial charge in [0, 0.05) is 6.42 Å². The maximum absolute atomic E-state index is 13.1. The van der Waals surface area contributed by atoms with E-state index in [4.69, 9.17) is 9.47 Å². The summed E-state index contributed by atoms with van der Waals surface area (Å²) in [5, 5.41) is 3.14. The Labute approximate surface area is 158 Å². The standard InChI is InChI=1S/C22H23NO4/c1-22(13-16-5-3-4-6-18(16)20(24)27-22)21(25)23-19(14-7-8-14)15-9-11-17(26-2)12-10-15/h3-6,9-12,14,19H,7-8,13H2,1-2H3,(H,23,25)/t19-,22+/m1/s1. The monoisotopic (exact) mass is 365 g/mol. The number of esters is 1. The molecule has 0 saturated heterocycles. The third-order valence-corrected chi connectivity index (χ3v) is 5.42. The molecular formula is C22H23NO4. The molecule has 1 fully saturated rings. The molecule has 1 saturated carbocycles. The van der Waals surface area contributed by atoms with E-state index < -0.39 is 11.6 Å². The van der Waals surface area contributed by atoms with Crippen molar-refractivity contribution in [1.29, 1.82) is 0 Å². The minimum atomic E-state index is -1.20. The number of hydrogen-bond acceptors (Lipinski definition) is 4. The number of amides is 1. The van der Waals surface area contributed by atoms with Crippen LogP contribution in [0.25, 0.3) is 0 Å². The molecule has 4 rings (SSSR count). The number of fused-ring (bicyclic) bond motifs is 1. The lowest BCUT2D eigenvalue weighted by Crippen LogP contribution is -2.52. The Hall–Kier alpha value is -2.82. The van der Waals surface area contributed by atoms with Crippen LogP contribution in [0.1, 0.15) is 47.3 Å². The third kappa shape index (κ3) is 3.42. The molecular weight excluding hydrogens is 342 g/mol. The Morgan fingerprint density at radius 3 is 2.56 bits per heavy atom. The van der Waals surface area contributed by atoms with E-state index in [0.29, 0.717) is 17.9 Å². The average Bonchev–Trinajstić information content (AvgIpc) is 3.51. The Balaban J connectivity index is 1.55. The molecule has 2 atom stereocenters. The fourth-order valence-corrected chi connectivity index (χ4v) is 3.67. The Morgan fingerprint density at radius 2 is 1.89 bits per heavy atom. The summed E-state index contributed by atoms with van der Waals surface area (Å²) in [6, 6.07) is 15.0. The predicted octanol–water partition coefficient (Wildman–Crippen LogP) is 3.43. The highest BCUT2D eigenvalue weighted by Gasteiger charge is 2.44. The van der Waals surface area contributed by atoms with Crippen molar-refractivity contribution in [3.8, 4) is 5.75 Å². The molecule has 5 nitrogen and oxygen atoms in total. The third-order valence-electron chi connectivity index (χ3n) is 5.42.